The highest BCUT2D eigenvalue weighted by atomic mass is 35.5. The largest absolute Gasteiger partial charge is 0.372 e. The molecule has 0 amide bonds. The second-order valence-corrected chi connectivity index (χ2v) is 4.88. The average Bonchev–Trinajstić information content (AvgIpc) is 3.34. The maximum atomic E-state index is 5.61. The van der Waals surface area contributed by atoms with E-state index in [0.717, 1.165) is 6.61 Å². The van der Waals surface area contributed by atoms with Crippen LogP contribution in [0.4, 0.5) is 0 Å². The summed E-state index contributed by atoms with van der Waals surface area (Å²) in [6.07, 6.45) is 0.400. The molecule has 1 aliphatic rings. The smallest absolute Gasteiger partial charge is 0.0944 e. The van der Waals surface area contributed by atoms with Gasteiger partial charge >= 0.3 is 0 Å². The molecule has 2 aromatic rings. The van der Waals surface area contributed by atoms with Gasteiger partial charge in [0.05, 0.1) is 31.8 Å². The Hall–Kier alpha value is -1.35. The summed E-state index contributed by atoms with van der Waals surface area (Å²) >= 11 is 5.27. The van der Waals surface area contributed by atoms with Crippen molar-refractivity contribution in [3.05, 3.63) is 71.8 Å². The first kappa shape index (κ1) is 15.0. The molecule has 3 rings (SSSR count). The molecule has 0 bridgehead atoms. The van der Waals surface area contributed by atoms with E-state index in [1.165, 1.54) is 11.1 Å². The van der Waals surface area contributed by atoms with Crippen molar-refractivity contribution in [1.29, 1.82) is 0 Å². The lowest BCUT2D eigenvalue weighted by Gasteiger charge is -2.03. The monoisotopic (exact) mass is 290 g/mol. The van der Waals surface area contributed by atoms with Gasteiger partial charge in [-0.3, -0.25) is 0 Å². The molecule has 0 saturated carbocycles. The zero-order valence-corrected chi connectivity index (χ0v) is 12.1. The molecule has 1 aliphatic heterocycles. The highest BCUT2D eigenvalue weighted by molar-refractivity contribution is 6.18. The SMILES string of the molecule is ClCC1CO1.c1ccc(COCc2ccccc2)cc1. The Balaban J connectivity index is 0.000000247. The van der Waals surface area contributed by atoms with Crippen LogP contribution >= 0.6 is 11.6 Å². The number of halogens is 1. The second-order valence-electron chi connectivity index (χ2n) is 4.57. The summed E-state index contributed by atoms with van der Waals surface area (Å²) in [4.78, 5) is 0. The Labute approximate surface area is 125 Å². The molecule has 0 radical (unpaired) electrons. The summed E-state index contributed by atoms with van der Waals surface area (Å²) < 4.78 is 10.3. The molecule has 1 unspecified atom stereocenters. The molecule has 1 atom stereocenters. The molecule has 1 saturated heterocycles. The quantitative estimate of drug-likeness (QED) is 0.613. The molecule has 2 nitrogen and oxygen atoms in total. The van der Waals surface area contributed by atoms with Crippen LogP contribution in [-0.2, 0) is 22.7 Å². The van der Waals surface area contributed by atoms with Crippen LogP contribution in [0.2, 0.25) is 0 Å². The zero-order chi connectivity index (χ0) is 14.0. The first-order chi connectivity index (χ1) is 9.88. The minimum atomic E-state index is 0.400. The topological polar surface area (TPSA) is 21.8 Å². The van der Waals surface area contributed by atoms with Crippen LogP contribution in [0.1, 0.15) is 11.1 Å². The number of ether oxygens (including phenoxy) is 2. The molecule has 2 aromatic carbocycles. The summed E-state index contributed by atoms with van der Waals surface area (Å²) in [5.41, 5.74) is 2.43. The van der Waals surface area contributed by atoms with Crippen molar-refractivity contribution < 1.29 is 9.47 Å². The first-order valence-corrected chi connectivity index (χ1v) is 7.25. The average molecular weight is 291 g/mol. The Morgan fingerprint density at radius 1 is 0.900 bits per heavy atom. The fourth-order valence-electron chi connectivity index (χ4n) is 1.59. The molecule has 0 aromatic heterocycles. The molecule has 3 heteroatoms. The van der Waals surface area contributed by atoms with Crippen molar-refractivity contribution in [2.45, 2.75) is 19.3 Å². The summed E-state index contributed by atoms with van der Waals surface area (Å²) in [6.45, 7) is 2.23. The van der Waals surface area contributed by atoms with Crippen molar-refractivity contribution in [2.75, 3.05) is 12.5 Å². The third kappa shape index (κ3) is 6.20. The van der Waals surface area contributed by atoms with E-state index in [9.17, 15) is 0 Å². The van der Waals surface area contributed by atoms with Crippen molar-refractivity contribution in [3.8, 4) is 0 Å². The predicted molar refractivity (Wildman–Crippen MR) is 81.8 cm³/mol. The molecule has 0 aliphatic carbocycles. The summed E-state index contributed by atoms with van der Waals surface area (Å²) in [7, 11) is 0. The van der Waals surface area contributed by atoms with E-state index >= 15 is 0 Å². The minimum absolute atomic E-state index is 0.400. The van der Waals surface area contributed by atoms with Gasteiger partial charge in [-0.2, -0.15) is 0 Å². The van der Waals surface area contributed by atoms with Crippen molar-refractivity contribution in [3.63, 3.8) is 0 Å². The van der Waals surface area contributed by atoms with Gasteiger partial charge in [-0.1, -0.05) is 60.7 Å². The maximum absolute atomic E-state index is 5.61. The molecular weight excluding hydrogens is 272 g/mol. The lowest BCUT2D eigenvalue weighted by atomic mass is 10.2. The van der Waals surface area contributed by atoms with E-state index in [0.29, 0.717) is 25.2 Å². The summed E-state index contributed by atoms with van der Waals surface area (Å²) in [5, 5.41) is 0. The van der Waals surface area contributed by atoms with Gasteiger partial charge in [-0.25, -0.2) is 0 Å². The Bertz CT molecular complexity index is 429. The summed E-state index contributed by atoms with van der Waals surface area (Å²) in [6, 6.07) is 20.4. The number of benzene rings is 2. The highest BCUT2D eigenvalue weighted by Gasteiger charge is 2.19. The van der Waals surface area contributed by atoms with Crippen molar-refractivity contribution >= 4 is 11.6 Å². The van der Waals surface area contributed by atoms with Gasteiger partial charge in [-0.05, 0) is 11.1 Å². The maximum Gasteiger partial charge on any atom is 0.0944 e. The zero-order valence-electron chi connectivity index (χ0n) is 11.4. The van der Waals surface area contributed by atoms with E-state index in [1.54, 1.807) is 0 Å². The van der Waals surface area contributed by atoms with Crippen molar-refractivity contribution in [2.24, 2.45) is 0 Å². The van der Waals surface area contributed by atoms with Crippen LogP contribution in [0, 0.1) is 0 Å². The molecule has 1 fully saturated rings. The Morgan fingerprint density at radius 2 is 1.35 bits per heavy atom. The van der Waals surface area contributed by atoms with E-state index in [1.807, 2.05) is 36.4 Å². The van der Waals surface area contributed by atoms with Crippen LogP contribution in [0.3, 0.4) is 0 Å². The van der Waals surface area contributed by atoms with Crippen LogP contribution in [0.25, 0.3) is 0 Å². The lowest BCUT2D eigenvalue weighted by Crippen LogP contribution is -1.93. The van der Waals surface area contributed by atoms with Gasteiger partial charge < -0.3 is 9.47 Å². The van der Waals surface area contributed by atoms with Crippen LogP contribution in [0.15, 0.2) is 60.7 Å². The van der Waals surface area contributed by atoms with Gasteiger partial charge in [0.1, 0.15) is 0 Å². The fraction of sp³-hybridized carbons (Fsp3) is 0.294. The van der Waals surface area contributed by atoms with Gasteiger partial charge in [-0.15, -0.1) is 11.6 Å². The van der Waals surface area contributed by atoms with Crippen LogP contribution in [0.5, 0.6) is 0 Å². The van der Waals surface area contributed by atoms with Crippen LogP contribution in [-0.4, -0.2) is 18.6 Å². The van der Waals surface area contributed by atoms with E-state index in [4.69, 9.17) is 21.1 Å². The third-order valence-corrected chi connectivity index (χ3v) is 3.14. The Kier molecular flexibility index (Phi) is 6.58. The molecule has 1 heterocycles. The molecule has 20 heavy (non-hydrogen) atoms. The van der Waals surface area contributed by atoms with Gasteiger partial charge in [0, 0.05) is 0 Å². The number of epoxide rings is 1. The van der Waals surface area contributed by atoms with Gasteiger partial charge in [0.15, 0.2) is 0 Å². The number of alkyl halides is 1. The minimum Gasteiger partial charge on any atom is -0.372 e. The third-order valence-electron chi connectivity index (χ3n) is 2.80. The molecule has 0 spiro atoms. The standard InChI is InChI=1S/C14H14O.C3H5ClO/c1-3-7-13(8-4-1)11-15-12-14-9-5-2-6-10-14;4-1-3-2-5-3/h1-10H,11-12H2;3H,1-2H2. The molecule has 106 valence electrons. The first-order valence-electron chi connectivity index (χ1n) is 6.71. The normalized spacial score (nSPS) is 16.1. The Morgan fingerprint density at radius 3 is 1.65 bits per heavy atom. The number of hydrogen-bond donors (Lipinski definition) is 0. The van der Waals surface area contributed by atoms with E-state index < -0.39 is 0 Å². The lowest BCUT2D eigenvalue weighted by molar-refractivity contribution is 0.107. The van der Waals surface area contributed by atoms with Crippen LogP contribution < -0.4 is 0 Å². The van der Waals surface area contributed by atoms with E-state index in [2.05, 4.69) is 24.3 Å². The highest BCUT2D eigenvalue weighted by Crippen LogP contribution is 2.08. The summed E-state index contributed by atoms with van der Waals surface area (Å²) in [5.74, 6) is 0.667. The molecular formula is C17H19ClO2. The molecule has 0 N–H and O–H groups in total. The number of hydrogen-bond acceptors (Lipinski definition) is 2. The fourth-order valence-corrected chi connectivity index (χ4v) is 1.77. The van der Waals surface area contributed by atoms with Gasteiger partial charge in [0.25, 0.3) is 0 Å². The predicted octanol–water partition coefficient (Wildman–Crippen LogP) is 4.03. The second kappa shape index (κ2) is 8.75. The van der Waals surface area contributed by atoms with E-state index in [-0.39, 0.29) is 0 Å². The van der Waals surface area contributed by atoms with Gasteiger partial charge in [0.2, 0.25) is 0 Å². The van der Waals surface area contributed by atoms with Crippen molar-refractivity contribution in [1.82, 2.24) is 0 Å². The number of rotatable bonds is 5.